The zero-order valence-corrected chi connectivity index (χ0v) is 14.6. The minimum absolute atomic E-state index is 0.487. The van der Waals surface area contributed by atoms with Gasteiger partial charge in [-0.2, -0.15) is 11.8 Å². The van der Waals surface area contributed by atoms with Gasteiger partial charge in [0.1, 0.15) is 0 Å². The lowest BCUT2D eigenvalue weighted by molar-refractivity contribution is 0.429. The maximum atomic E-state index is 3.86. The van der Waals surface area contributed by atoms with Crippen molar-refractivity contribution in [2.75, 3.05) is 12.3 Å². The van der Waals surface area contributed by atoms with E-state index in [4.69, 9.17) is 0 Å². The first kappa shape index (κ1) is 13.7. The smallest absolute Gasteiger partial charge is 0.0659 e. The highest BCUT2D eigenvalue weighted by molar-refractivity contribution is 14.1. The molecule has 1 aliphatic heterocycles. The predicted octanol–water partition coefficient (Wildman–Crippen LogP) is 4.61. The molecule has 1 fully saturated rings. The monoisotopic (exact) mass is 393 g/mol. The van der Waals surface area contributed by atoms with Gasteiger partial charge in [0.05, 0.1) is 2.88 Å². The summed E-state index contributed by atoms with van der Waals surface area (Å²) < 4.78 is 1.94. The third kappa shape index (κ3) is 2.91. The van der Waals surface area contributed by atoms with E-state index in [0.717, 1.165) is 0 Å². The average molecular weight is 393 g/mol. The van der Waals surface area contributed by atoms with Crippen LogP contribution in [0, 0.1) is 2.88 Å². The molecular formula is C14H20INS2. The van der Waals surface area contributed by atoms with Crippen molar-refractivity contribution in [2.24, 2.45) is 0 Å². The highest BCUT2D eigenvalue weighted by Gasteiger charge is 2.31. The van der Waals surface area contributed by atoms with E-state index in [1.807, 2.05) is 11.3 Å². The Morgan fingerprint density at radius 3 is 3.17 bits per heavy atom. The van der Waals surface area contributed by atoms with E-state index < -0.39 is 0 Å². The molecule has 0 amide bonds. The van der Waals surface area contributed by atoms with Crippen LogP contribution in [-0.4, -0.2) is 17.0 Å². The first-order valence-electron chi connectivity index (χ1n) is 6.82. The number of hydrogen-bond donors (Lipinski definition) is 1. The number of thiophene rings is 1. The van der Waals surface area contributed by atoms with Gasteiger partial charge in [-0.15, -0.1) is 11.3 Å². The molecule has 1 nitrogen and oxygen atoms in total. The molecule has 0 saturated carbocycles. The molecule has 2 unspecified atom stereocenters. The normalized spacial score (nSPS) is 31.6. The van der Waals surface area contributed by atoms with Crippen LogP contribution in [-0.2, 0) is 6.42 Å². The molecule has 1 aliphatic carbocycles. The standard InChI is InChI=1S/C14H20INS2/c1-14(6-3-7-17-14)9-16-11-4-2-5-12-10(11)8-13(15)18-12/h8,11,16H,2-7,9H2,1H3. The molecule has 2 heterocycles. The maximum absolute atomic E-state index is 3.86. The lowest BCUT2D eigenvalue weighted by Crippen LogP contribution is -2.36. The first-order valence-corrected chi connectivity index (χ1v) is 9.70. The van der Waals surface area contributed by atoms with Crippen molar-refractivity contribution in [3.63, 3.8) is 0 Å². The van der Waals surface area contributed by atoms with Crippen molar-refractivity contribution in [3.05, 3.63) is 19.4 Å². The Morgan fingerprint density at radius 2 is 2.39 bits per heavy atom. The van der Waals surface area contributed by atoms with Crippen LogP contribution in [0.25, 0.3) is 0 Å². The van der Waals surface area contributed by atoms with Gasteiger partial charge < -0.3 is 5.32 Å². The average Bonchev–Trinajstić information content (AvgIpc) is 2.92. The molecule has 100 valence electrons. The minimum Gasteiger partial charge on any atom is -0.309 e. The summed E-state index contributed by atoms with van der Waals surface area (Å²) in [5, 5.41) is 3.86. The summed E-state index contributed by atoms with van der Waals surface area (Å²) in [7, 11) is 0. The summed E-state index contributed by atoms with van der Waals surface area (Å²) in [5.74, 6) is 1.35. The Labute approximate surface area is 132 Å². The number of thioether (sulfide) groups is 1. The second-order valence-electron chi connectivity index (χ2n) is 5.66. The Bertz CT molecular complexity index is 423. The minimum atomic E-state index is 0.487. The molecule has 2 aliphatic rings. The third-order valence-corrected chi connectivity index (χ3v) is 7.62. The summed E-state index contributed by atoms with van der Waals surface area (Å²) in [5.41, 5.74) is 1.60. The van der Waals surface area contributed by atoms with E-state index in [9.17, 15) is 0 Å². The molecule has 0 bridgehead atoms. The van der Waals surface area contributed by atoms with Crippen LogP contribution in [0.3, 0.4) is 0 Å². The van der Waals surface area contributed by atoms with Crippen molar-refractivity contribution >= 4 is 45.7 Å². The van der Waals surface area contributed by atoms with Gasteiger partial charge in [-0.05, 0) is 79.0 Å². The molecule has 0 spiro atoms. The van der Waals surface area contributed by atoms with Crippen molar-refractivity contribution in [3.8, 4) is 0 Å². The van der Waals surface area contributed by atoms with Crippen LogP contribution in [0.4, 0.5) is 0 Å². The summed E-state index contributed by atoms with van der Waals surface area (Å²) in [6, 6.07) is 3.02. The fourth-order valence-corrected chi connectivity index (χ4v) is 6.42. The zero-order valence-electron chi connectivity index (χ0n) is 10.8. The fraction of sp³-hybridized carbons (Fsp3) is 0.714. The maximum Gasteiger partial charge on any atom is 0.0659 e. The number of halogens is 1. The van der Waals surface area contributed by atoms with Gasteiger partial charge >= 0.3 is 0 Å². The van der Waals surface area contributed by atoms with E-state index in [1.165, 1.54) is 47.3 Å². The molecule has 0 aromatic carbocycles. The lowest BCUT2D eigenvalue weighted by Gasteiger charge is -2.29. The van der Waals surface area contributed by atoms with E-state index in [-0.39, 0.29) is 0 Å². The molecular weight excluding hydrogens is 373 g/mol. The summed E-state index contributed by atoms with van der Waals surface area (Å²) >= 11 is 6.62. The number of rotatable bonds is 3. The molecule has 1 saturated heterocycles. The molecule has 1 aromatic heterocycles. The topological polar surface area (TPSA) is 12.0 Å². The predicted molar refractivity (Wildman–Crippen MR) is 90.8 cm³/mol. The van der Waals surface area contributed by atoms with Gasteiger partial charge in [0.15, 0.2) is 0 Å². The van der Waals surface area contributed by atoms with Gasteiger partial charge in [-0.3, -0.25) is 0 Å². The van der Waals surface area contributed by atoms with E-state index in [1.54, 1.807) is 10.4 Å². The number of fused-ring (bicyclic) bond motifs is 1. The van der Waals surface area contributed by atoms with Crippen LogP contribution in [0.1, 0.15) is 49.1 Å². The highest BCUT2D eigenvalue weighted by Crippen LogP contribution is 2.39. The molecule has 3 rings (SSSR count). The lowest BCUT2D eigenvalue weighted by atomic mass is 9.93. The van der Waals surface area contributed by atoms with Gasteiger partial charge in [0, 0.05) is 22.2 Å². The number of nitrogens with one attached hydrogen (secondary N) is 1. The van der Waals surface area contributed by atoms with E-state index in [2.05, 4.69) is 52.7 Å². The molecule has 4 heteroatoms. The first-order chi connectivity index (χ1) is 8.66. The second kappa shape index (κ2) is 5.62. The highest BCUT2D eigenvalue weighted by atomic mass is 127. The van der Waals surface area contributed by atoms with E-state index in [0.29, 0.717) is 10.8 Å². The SMILES string of the molecule is CC1(CNC2CCCc3sc(I)cc32)CCCS1. The Balaban J connectivity index is 1.67. The summed E-state index contributed by atoms with van der Waals surface area (Å²) in [4.78, 5) is 1.63. The van der Waals surface area contributed by atoms with Crippen LogP contribution in [0.15, 0.2) is 6.07 Å². The van der Waals surface area contributed by atoms with Crippen LogP contribution in [0.2, 0.25) is 0 Å². The van der Waals surface area contributed by atoms with Gasteiger partial charge in [-0.1, -0.05) is 0 Å². The molecule has 1 aromatic rings. The van der Waals surface area contributed by atoms with Crippen molar-refractivity contribution in [1.29, 1.82) is 0 Å². The van der Waals surface area contributed by atoms with Crippen LogP contribution in [0.5, 0.6) is 0 Å². The van der Waals surface area contributed by atoms with Crippen LogP contribution < -0.4 is 5.32 Å². The summed E-state index contributed by atoms with van der Waals surface area (Å²) in [6.45, 7) is 3.60. The van der Waals surface area contributed by atoms with E-state index >= 15 is 0 Å². The number of aryl methyl sites for hydroxylation is 1. The van der Waals surface area contributed by atoms with Crippen molar-refractivity contribution in [2.45, 2.75) is 49.8 Å². The quantitative estimate of drug-likeness (QED) is 0.753. The van der Waals surface area contributed by atoms with Gasteiger partial charge in [-0.25, -0.2) is 0 Å². The zero-order chi connectivity index (χ0) is 12.6. The Kier molecular flexibility index (Phi) is 4.28. The Morgan fingerprint density at radius 1 is 1.50 bits per heavy atom. The number of hydrogen-bond acceptors (Lipinski definition) is 3. The Hall–Kier alpha value is 0.740. The van der Waals surface area contributed by atoms with Gasteiger partial charge in [0.2, 0.25) is 0 Å². The molecule has 1 N–H and O–H groups in total. The summed E-state index contributed by atoms with van der Waals surface area (Å²) in [6.07, 6.45) is 6.75. The molecule has 0 radical (unpaired) electrons. The molecule has 2 atom stereocenters. The van der Waals surface area contributed by atoms with Crippen molar-refractivity contribution in [1.82, 2.24) is 5.32 Å². The fourth-order valence-electron chi connectivity index (χ4n) is 3.05. The second-order valence-corrected chi connectivity index (χ2v) is 10.4. The molecule has 18 heavy (non-hydrogen) atoms. The third-order valence-electron chi connectivity index (χ3n) is 4.11. The van der Waals surface area contributed by atoms with Gasteiger partial charge in [0.25, 0.3) is 0 Å². The largest absolute Gasteiger partial charge is 0.309 e. The van der Waals surface area contributed by atoms with Crippen molar-refractivity contribution < 1.29 is 0 Å². The van der Waals surface area contributed by atoms with Crippen LogP contribution >= 0.6 is 45.7 Å².